The summed E-state index contributed by atoms with van der Waals surface area (Å²) in [6.45, 7) is 0. The largest absolute Gasteiger partial charge is 0.494 e. The molecule has 0 saturated carbocycles. The van der Waals surface area contributed by atoms with Crippen LogP contribution in [0.2, 0.25) is 0 Å². The molecule has 0 aliphatic rings. The SMILES string of the molecule is COc1ccc(C(N)=O)c(C(=O)NO)c1F. The van der Waals surface area contributed by atoms with Gasteiger partial charge < -0.3 is 10.5 Å². The Balaban J connectivity index is 3.48. The van der Waals surface area contributed by atoms with Gasteiger partial charge in [0.1, 0.15) is 0 Å². The Morgan fingerprint density at radius 2 is 2.12 bits per heavy atom. The molecular weight excluding hydrogens is 219 g/mol. The molecule has 0 unspecified atom stereocenters. The van der Waals surface area contributed by atoms with Crippen LogP contribution >= 0.6 is 0 Å². The Morgan fingerprint density at radius 3 is 2.56 bits per heavy atom. The Hall–Kier alpha value is -2.15. The highest BCUT2D eigenvalue weighted by Gasteiger charge is 2.22. The van der Waals surface area contributed by atoms with Gasteiger partial charge in [-0.15, -0.1) is 0 Å². The standard InChI is InChI=1S/C9H9FN2O4/c1-16-5-3-2-4(8(11)13)6(7(5)10)9(14)12-15/h2-3,15H,1H3,(H2,11,13)(H,12,14). The molecule has 0 aliphatic heterocycles. The molecule has 2 amide bonds. The molecule has 0 spiro atoms. The zero-order valence-electron chi connectivity index (χ0n) is 8.28. The zero-order valence-corrected chi connectivity index (χ0v) is 8.28. The lowest BCUT2D eigenvalue weighted by molar-refractivity contribution is 0.0697. The summed E-state index contributed by atoms with van der Waals surface area (Å²) in [5.41, 5.74) is 5.19. The Kier molecular flexibility index (Phi) is 3.41. The molecule has 0 aromatic heterocycles. The van der Waals surface area contributed by atoms with E-state index in [4.69, 9.17) is 10.9 Å². The van der Waals surface area contributed by atoms with Crippen molar-refractivity contribution in [1.29, 1.82) is 0 Å². The first-order chi connectivity index (χ1) is 7.52. The van der Waals surface area contributed by atoms with Crippen molar-refractivity contribution in [2.45, 2.75) is 0 Å². The average Bonchev–Trinajstić information content (AvgIpc) is 2.27. The summed E-state index contributed by atoms with van der Waals surface area (Å²) in [7, 11) is 1.20. The molecule has 0 heterocycles. The van der Waals surface area contributed by atoms with E-state index in [0.29, 0.717) is 0 Å². The number of primary amides is 1. The Labute approximate surface area is 89.8 Å². The molecule has 1 aromatic rings. The lowest BCUT2D eigenvalue weighted by Crippen LogP contribution is -2.25. The molecule has 1 aromatic carbocycles. The fraction of sp³-hybridized carbons (Fsp3) is 0.111. The van der Waals surface area contributed by atoms with Crippen LogP contribution in [0.1, 0.15) is 20.7 Å². The van der Waals surface area contributed by atoms with Gasteiger partial charge >= 0.3 is 0 Å². The van der Waals surface area contributed by atoms with E-state index >= 15 is 0 Å². The van der Waals surface area contributed by atoms with Crippen LogP contribution in [0.3, 0.4) is 0 Å². The van der Waals surface area contributed by atoms with Crippen LogP contribution in [0, 0.1) is 5.82 Å². The molecule has 4 N–H and O–H groups in total. The van der Waals surface area contributed by atoms with Crippen molar-refractivity contribution in [3.05, 3.63) is 29.1 Å². The molecule has 7 heteroatoms. The molecule has 0 atom stereocenters. The van der Waals surface area contributed by atoms with Crippen molar-refractivity contribution in [3.63, 3.8) is 0 Å². The highest BCUT2D eigenvalue weighted by Crippen LogP contribution is 2.23. The normalized spacial score (nSPS) is 9.69. The molecule has 16 heavy (non-hydrogen) atoms. The molecule has 0 bridgehead atoms. The topological polar surface area (TPSA) is 102 Å². The molecule has 0 saturated heterocycles. The average molecular weight is 228 g/mol. The fourth-order valence-corrected chi connectivity index (χ4v) is 1.20. The van der Waals surface area contributed by atoms with Gasteiger partial charge in [-0.3, -0.25) is 14.8 Å². The first kappa shape index (κ1) is 11.9. The third-order valence-electron chi connectivity index (χ3n) is 1.92. The number of hydrogen-bond donors (Lipinski definition) is 3. The summed E-state index contributed by atoms with van der Waals surface area (Å²) in [5.74, 6) is -3.46. The molecule has 1 rings (SSSR count). The van der Waals surface area contributed by atoms with Crippen molar-refractivity contribution in [1.82, 2.24) is 5.48 Å². The number of nitrogens with one attached hydrogen (secondary N) is 1. The van der Waals surface area contributed by atoms with Crippen molar-refractivity contribution >= 4 is 11.8 Å². The van der Waals surface area contributed by atoms with E-state index in [0.717, 1.165) is 12.1 Å². The molecule has 0 aliphatic carbocycles. The van der Waals surface area contributed by atoms with Crippen molar-refractivity contribution in [2.24, 2.45) is 5.73 Å². The van der Waals surface area contributed by atoms with Crippen LogP contribution in [-0.4, -0.2) is 24.1 Å². The summed E-state index contributed by atoms with van der Waals surface area (Å²) in [4.78, 5) is 22.1. The summed E-state index contributed by atoms with van der Waals surface area (Å²) in [6.07, 6.45) is 0. The van der Waals surface area contributed by atoms with Crippen molar-refractivity contribution in [2.75, 3.05) is 7.11 Å². The second-order valence-electron chi connectivity index (χ2n) is 2.81. The highest BCUT2D eigenvalue weighted by molar-refractivity contribution is 6.06. The number of carbonyl (C=O) groups excluding carboxylic acids is 2. The zero-order chi connectivity index (χ0) is 12.3. The molecular formula is C9H9FN2O4. The molecule has 6 nitrogen and oxygen atoms in total. The monoisotopic (exact) mass is 228 g/mol. The van der Waals surface area contributed by atoms with Crippen LogP contribution in [0.4, 0.5) is 4.39 Å². The van der Waals surface area contributed by atoms with Crippen LogP contribution in [0.15, 0.2) is 12.1 Å². The van der Waals surface area contributed by atoms with E-state index in [2.05, 4.69) is 4.74 Å². The highest BCUT2D eigenvalue weighted by atomic mass is 19.1. The Bertz CT molecular complexity index is 447. The number of hydrogen-bond acceptors (Lipinski definition) is 4. The lowest BCUT2D eigenvalue weighted by Gasteiger charge is -2.09. The number of benzene rings is 1. The number of methoxy groups -OCH3 is 1. The van der Waals surface area contributed by atoms with Crippen LogP contribution in [-0.2, 0) is 0 Å². The number of halogens is 1. The third-order valence-corrected chi connectivity index (χ3v) is 1.92. The second kappa shape index (κ2) is 4.58. The first-order valence-electron chi connectivity index (χ1n) is 4.13. The van der Waals surface area contributed by atoms with Gasteiger partial charge in [0.25, 0.3) is 5.91 Å². The number of nitrogens with two attached hydrogens (primary N) is 1. The van der Waals surface area contributed by atoms with Gasteiger partial charge in [0.2, 0.25) is 5.91 Å². The van der Waals surface area contributed by atoms with Crippen molar-refractivity contribution in [3.8, 4) is 5.75 Å². The summed E-state index contributed by atoms with van der Waals surface area (Å²) in [6, 6.07) is 2.29. The maximum Gasteiger partial charge on any atom is 0.278 e. The van der Waals surface area contributed by atoms with Gasteiger partial charge in [-0.05, 0) is 12.1 Å². The summed E-state index contributed by atoms with van der Waals surface area (Å²) in [5, 5.41) is 8.42. The fourth-order valence-electron chi connectivity index (χ4n) is 1.20. The van der Waals surface area contributed by atoms with Gasteiger partial charge in [0.05, 0.1) is 18.2 Å². The minimum absolute atomic E-state index is 0.233. The minimum Gasteiger partial charge on any atom is -0.494 e. The third kappa shape index (κ3) is 1.94. The number of carbonyl (C=O) groups is 2. The second-order valence-corrected chi connectivity index (χ2v) is 2.81. The minimum atomic E-state index is -1.18. The van der Waals surface area contributed by atoms with Gasteiger partial charge in [-0.2, -0.15) is 0 Å². The maximum atomic E-state index is 13.6. The number of hydroxylamine groups is 1. The van der Waals surface area contributed by atoms with Gasteiger partial charge in [-0.25, -0.2) is 9.87 Å². The molecule has 86 valence electrons. The van der Waals surface area contributed by atoms with E-state index in [1.165, 1.54) is 12.6 Å². The van der Waals surface area contributed by atoms with Crippen LogP contribution in [0.25, 0.3) is 0 Å². The summed E-state index contributed by atoms with van der Waals surface area (Å²) >= 11 is 0. The van der Waals surface area contributed by atoms with Crippen molar-refractivity contribution < 1.29 is 23.9 Å². The Morgan fingerprint density at radius 1 is 1.50 bits per heavy atom. The van der Waals surface area contributed by atoms with E-state index in [-0.39, 0.29) is 11.3 Å². The lowest BCUT2D eigenvalue weighted by atomic mass is 10.1. The quantitative estimate of drug-likeness (QED) is 0.502. The predicted molar refractivity (Wildman–Crippen MR) is 50.7 cm³/mol. The summed E-state index contributed by atoms with van der Waals surface area (Å²) < 4.78 is 18.3. The van der Waals surface area contributed by atoms with E-state index in [9.17, 15) is 14.0 Å². The molecule has 0 radical (unpaired) electrons. The predicted octanol–water partition coefficient (Wildman–Crippen LogP) is 0.0522. The first-order valence-corrected chi connectivity index (χ1v) is 4.13. The smallest absolute Gasteiger partial charge is 0.278 e. The number of ether oxygens (including phenoxy) is 1. The van der Waals surface area contributed by atoms with E-state index in [1.807, 2.05) is 0 Å². The number of amides is 2. The van der Waals surface area contributed by atoms with Gasteiger partial charge in [0, 0.05) is 0 Å². The van der Waals surface area contributed by atoms with Gasteiger partial charge in [-0.1, -0.05) is 0 Å². The van der Waals surface area contributed by atoms with Gasteiger partial charge in [0.15, 0.2) is 11.6 Å². The maximum absolute atomic E-state index is 13.6. The van der Waals surface area contributed by atoms with Crippen LogP contribution < -0.4 is 16.0 Å². The number of rotatable bonds is 3. The van der Waals surface area contributed by atoms with Crippen LogP contribution in [0.5, 0.6) is 5.75 Å². The van der Waals surface area contributed by atoms with E-state index < -0.39 is 23.2 Å². The molecule has 0 fully saturated rings. The van der Waals surface area contributed by atoms with E-state index in [1.54, 1.807) is 0 Å².